The Kier molecular flexibility index (Phi) is 3.71. The zero-order chi connectivity index (χ0) is 14.8. The number of rotatable bonds is 2. The average Bonchev–Trinajstić information content (AvgIpc) is 2.50. The first-order valence-electron chi connectivity index (χ1n) is 7.00. The van der Waals surface area contributed by atoms with E-state index in [0.717, 1.165) is 0 Å². The summed E-state index contributed by atoms with van der Waals surface area (Å²) in [5.74, 6) is -0.442. The lowest BCUT2D eigenvalue weighted by Gasteiger charge is -2.25. The second-order valence-corrected chi connectivity index (χ2v) is 5.36. The highest BCUT2D eigenvalue weighted by Gasteiger charge is 2.23. The number of hydrogen-bond acceptors (Lipinski definition) is 2. The Hall–Kier alpha value is -2.20. The molecule has 0 radical (unpaired) electrons. The molecular weight excluding hydrogens is 267 g/mol. The van der Waals surface area contributed by atoms with E-state index in [1.165, 1.54) is 17.2 Å². The van der Waals surface area contributed by atoms with E-state index in [1.54, 1.807) is 19.1 Å². The Labute approximate surface area is 123 Å². The monoisotopic (exact) mass is 284 g/mol. The van der Waals surface area contributed by atoms with Crippen molar-refractivity contribution in [2.45, 2.75) is 25.9 Å². The summed E-state index contributed by atoms with van der Waals surface area (Å²) in [5, 5.41) is 5.98. The van der Waals surface area contributed by atoms with Crippen LogP contribution in [0.25, 0.3) is 0 Å². The topological polar surface area (TPSA) is 41.1 Å². The number of hydrogen-bond donors (Lipinski definition) is 2. The Morgan fingerprint density at radius 2 is 2.00 bits per heavy atom. The zero-order valence-corrected chi connectivity index (χ0v) is 11.8. The fourth-order valence-electron chi connectivity index (χ4n) is 2.54. The van der Waals surface area contributed by atoms with Crippen molar-refractivity contribution in [3.63, 3.8) is 0 Å². The zero-order valence-electron chi connectivity index (χ0n) is 11.8. The van der Waals surface area contributed by atoms with Crippen LogP contribution in [0.3, 0.4) is 0 Å². The summed E-state index contributed by atoms with van der Waals surface area (Å²) >= 11 is 0. The maximum Gasteiger partial charge on any atom is 0.241 e. The van der Waals surface area contributed by atoms with E-state index in [0.29, 0.717) is 24.2 Å². The summed E-state index contributed by atoms with van der Waals surface area (Å²) in [5.41, 5.74) is 3.47. The van der Waals surface area contributed by atoms with Gasteiger partial charge in [0.15, 0.2) is 0 Å². The summed E-state index contributed by atoms with van der Waals surface area (Å²) in [6, 6.07) is 12.5. The molecule has 108 valence electrons. The van der Waals surface area contributed by atoms with Gasteiger partial charge in [0.05, 0.1) is 6.04 Å². The van der Waals surface area contributed by atoms with Crippen molar-refractivity contribution >= 4 is 11.6 Å². The lowest BCUT2D eigenvalue weighted by atomic mass is 9.95. The minimum atomic E-state index is -0.310. The highest BCUT2D eigenvalue weighted by Crippen LogP contribution is 2.18. The third-order valence-electron chi connectivity index (χ3n) is 3.84. The molecule has 4 heteroatoms. The number of nitrogens with one attached hydrogen (secondary N) is 2. The molecule has 0 fully saturated rings. The van der Waals surface area contributed by atoms with Gasteiger partial charge in [-0.25, -0.2) is 4.39 Å². The van der Waals surface area contributed by atoms with Gasteiger partial charge >= 0.3 is 0 Å². The molecule has 21 heavy (non-hydrogen) atoms. The van der Waals surface area contributed by atoms with E-state index in [4.69, 9.17) is 0 Å². The highest BCUT2D eigenvalue weighted by atomic mass is 19.1. The molecule has 1 atom stereocenters. The number of amides is 1. The van der Waals surface area contributed by atoms with Crippen LogP contribution in [0.15, 0.2) is 42.5 Å². The van der Waals surface area contributed by atoms with Crippen LogP contribution in [-0.4, -0.2) is 11.9 Å². The molecule has 0 unspecified atom stereocenters. The number of halogens is 1. The van der Waals surface area contributed by atoms with Gasteiger partial charge in [0, 0.05) is 12.2 Å². The molecule has 0 aromatic heterocycles. The van der Waals surface area contributed by atoms with Gasteiger partial charge in [-0.05, 0) is 42.2 Å². The van der Waals surface area contributed by atoms with E-state index in [1.807, 2.05) is 18.2 Å². The van der Waals surface area contributed by atoms with Gasteiger partial charge in [0.25, 0.3) is 0 Å². The molecule has 1 aliphatic heterocycles. The molecule has 1 heterocycles. The maximum atomic E-state index is 13.5. The molecular formula is C17H17FN2O. The normalized spacial score (nSPS) is 17.1. The van der Waals surface area contributed by atoms with Crippen molar-refractivity contribution < 1.29 is 9.18 Å². The van der Waals surface area contributed by atoms with Crippen LogP contribution in [0.5, 0.6) is 0 Å². The summed E-state index contributed by atoms with van der Waals surface area (Å²) < 4.78 is 13.5. The number of anilines is 1. The van der Waals surface area contributed by atoms with E-state index in [-0.39, 0.29) is 17.8 Å². The van der Waals surface area contributed by atoms with Crippen molar-refractivity contribution in [2.75, 3.05) is 5.32 Å². The second-order valence-electron chi connectivity index (χ2n) is 5.36. The van der Waals surface area contributed by atoms with E-state index in [9.17, 15) is 9.18 Å². The maximum absolute atomic E-state index is 13.5. The number of fused-ring (bicyclic) bond motifs is 1. The first-order chi connectivity index (χ1) is 10.1. The molecule has 1 amide bonds. The highest BCUT2D eigenvalue weighted by molar-refractivity contribution is 5.95. The minimum Gasteiger partial charge on any atom is -0.325 e. The smallest absolute Gasteiger partial charge is 0.241 e. The number of carbonyl (C=O) groups is 1. The van der Waals surface area contributed by atoms with Crippen LogP contribution >= 0.6 is 0 Å². The molecule has 2 aromatic rings. The van der Waals surface area contributed by atoms with Gasteiger partial charge in [-0.2, -0.15) is 0 Å². The molecule has 0 aliphatic carbocycles. The van der Waals surface area contributed by atoms with Gasteiger partial charge in [-0.1, -0.05) is 30.3 Å². The van der Waals surface area contributed by atoms with Gasteiger partial charge < -0.3 is 10.6 Å². The second kappa shape index (κ2) is 5.66. The quantitative estimate of drug-likeness (QED) is 0.890. The Bertz CT molecular complexity index is 684. The predicted molar refractivity (Wildman–Crippen MR) is 80.5 cm³/mol. The van der Waals surface area contributed by atoms with Gasteiger partial charge in [-0.15, -0.1) is 0 Å². The summed E-state index contributed by atoms with van der Waals surface area (Å²) in [4.78, 5) is 12.3. The molecule has 0 saturated carbocycles. The van der Waals surface area contributed by atoms with Gasteiger partial charge in [0.1, 0.15) is 5.82 Å². The van der Waals surface area contributed by atoms with Gasteiger partial charge in [0.2, 0.25) is 5.91 Å². The standard InChI is InChI=1S/C17H17FN2O/c1-11-6-7-14(9-15(11)18)20-17(21)16-8-12-4-2-3-5-13(12)10-19-16/h2-7,9,16,19H,8,10H2,1H3,(H,20,21)/t16-/m1/s1. The predicted octanol–water partition coefficient (Wildman–Crippen LogP) is 2.79. The summed E-state index contributed by atoms with van der Waals surface area (Å²) in [6.45, 7) is 2.37. The lowest BCUT2D eigenvalue weighted by Crippen LogP contribution is -2.44. The largest absolute Gasteiger partial charge is 0.325 e. The molecule has 3 rings (SSSR count). The fourth-order valence-corrected chi connectivity index (χ4v) is 2.54. The molecule has 3 nitrogen and oxygen atoms in total. The van der Waals surface area contributed by atoms with Crippen molar-refractivity contribution in [3.8, 4) is 0 Å². The Balaban J connectivity index is 1.70. The Morgan fingerprint density at radius 1 is 1.24 bits per heavy atom. The van der Waals surface area contributed by atoms with Crippen LogP contribution in [0.1, 0.15) is 16.7 Å². The van der Waals surface area contributed by atoms with Crippen molar-refractivity contribution in [2.24, 2.45) is 0 Å². The number of carbonyl (C=O) groups excluding carboxylic acids is 1. The SMILES string of the molecule is Cc1ccc(NC(=O)[C@H]2Cc3ccccc3CN2)cc1F. The van der Waals surface area contributed by atoms with Crippen LogP contribution in [0, 0.1) is 12.7 Å². The lowest BCUT2D eigenvalue weighted by molar-refractivity contribution is -0.118. The minimum absolute atomic E-state index is 0.132. The van der Waals surface area contributed by atoms with Crippen molar-refractivity contribution in [3.05, 3.63) is 65.0 Å². The number of aryl methyl sites for hydroxylation is 1. The molecule has 2 N–H and O–H groups in total. The molecule has 1 aliphatic rings. The van der Waals surface area contributed by atoms with Crippen molar-refractivity contribution in [1.82, 2.24) is 5.32 Å². The molecule has 0 saturated heterocycles. The summed E-state index contributed by atoms with van der Waals surface area (Å²) in [6.07, 6.45) is 0.649. The molecule has 0 spiro atoms. The van der Waals surface area contributed by atoms with Crippen LogP contribution in [0.4, 0.5) is 10.1 Å². The van der Waals surface area contributed by atoms with Gasteiger partial charge in [-0.3, -0.25) is 4.79 Å². The van der Waals surface area contributed by atoms with Crippen LogP contribution in [-0.2, 0) is 17.8 Å². The first-order valence-corrected chi connectivity index (χ1v) is 7.00. The summed E-state index contributed by atoms with van der Waals surface area (Å²) in [7, 11) is 0. The molecule has 0 bridgehead atoms. The third kappa shape index (κ3) is 2.95. The fraction of sp³-hybridized carbons (Fsp3) is 0.235. The average molecular weight is 284 g/mol. The third-order valence-corrected chi connectivity index (χ3v) is 3.84. The van der Waals surface area contributed by atoms with E-state index >= 15 is 0 Å². The van der Waals surface area contributed by atoms with Crippen molar-refractivity contribution in [1.29, 1.82) is 0 Å². The molecule has 2 aromatic carbocycles. The van der Waals surface area contributed by atoms with E-state index in [2.05, 4.69) is 16.7 Å². The van der Waals surface area contributed by atoms with E-state index < -0.39 is 0 Å². The Morgan fingerprint density at radius 3 is 2.76 bits per heavy atom. The van der Waals surface area contributed by atoms with Crippen LogP contribution < -0.4 is 10.6 Å². The first kappa shape index (κ1) is 13.8. The van der Waals surface area contributed by atoms with Crippen LogP contribution in [0.2, 0.25) is 0 Å². The number of benzene rings is 2.